The molecule has 1 aliphatic rings. The molecule has 138 valence electrons. The maximum Gasteiger partial charge on any atom is 0.273 e. The molecule has 0 spiro atoms. The average molecular weight is 400 g/mol. The number of hydrogen-bond donors (Lipinski definition) is 1. The molecule has 0 saturated carbocycles. The largest absolute Gasteiger partial charge is 0.367 e. The summed E-state index contributed by atoms with van der Waals surface area (Å²) in [5.41, 5.74) is 2.33. The van der Waals surface area contributed by atoms with Crippen molar-refractivity contribution in [2.45, 2.75) is 0 Å². The summed E-state index contributed by atoms with van der Waals surface area (Å²) < 4.78 is 0. The molecule has 4 rings (SSSR count). The smallest absolute Gasteiger partial charge is 0.273 e. The molecular weight excluding hydrogens is 382 g/mol. The number of halogens is 1. The summed E-state index contributed by atoms with van der Waals surface area (Å²) in [6.07, 6.45) is 3.43. The summed E-state index contributed by atoms with van der Waals surface area (Å²) in [6.45, 7) is 2.79. The van der Waals surface area contributed by atoms with Crippen LogP contribution in [0.25, 0.3) is 0 Å². The molecule has 8 heteroatoms. The first kappa shape index (κ1) is 17.8. The summed E-state index contributed by atoms with van der Waals surface area (Å²) in [5, 5.41) is 6.38. The molecule has 0 aliphatic carbocycles. The second kappa shape index (κ2) is 7.94. The molecule has 2 aromatic heterocycles. The van der Waals surface area contributed by atoms with Gasteiger partial charge in [-0.3, -0.25) is 9.78 Å². The number of hydrogen-bond acceptors (Lipinski definition) is 6. The summed E-state index contributed by atoms with van der Waals surface area (Å²) >= 11 is 7.69. The molecule has 27 heavy (non-hydrogen) atoms. The predicted octanol–water partition coefficient (Wildman–Crippen LogP) is 3.90. The van der Waals surface area contributed by atoms with Gasteiger partial charge >= 0.3 is 0 Å². The zero-order valence-electron chi connectivity index (χ0n) is 14.5. The Bertz CT molecular complexity index is 925. The van der Waals surface area contributed by atoms with Crippen LogP contribution >= 0.6 is 22.9 Å². The van der Waals surface area contributed by atoms with Crippen molar-refractivity contribution in [1.82, 2.24) is 14.9 Å². The van der Waals surface area contributed by atoms with E-state index in [1.807, 2.05) is 41.3 Å². The van der Waals surface area contributed by atoms with Gasteiger partial charge in [-0.1, -0.05) is 23.7 Å². The number of pyridine rings is 1. The highest BCUT2D eigenvalue weighted by Crippen LogP contribution is 2.27. The Balaban J connectivity index is 1.38. The van der Waals surface area contributed by atoms with Crippen molar-refractivity contribution in [2.24, 2.45) is 0 Å². The number of piperazine rings is 1. The van der Waals surface area contributed by atoms with Crippen LogP contribution < -0.4 is 10.2 Å². The predicted molar refractivity (Wildman–Crippen MR) is 109 cm³/mol. The number of benzene rings is 1. The number of amides is 1. The lowest BCUT2D eigenvalue weighted by atomic mass is 10.2. The Labute approximate surface area is 166 Å². The fourth-order valence-electron chi connectivity index (χ4n) is 3.01. The number of nitrogens with zero attached hydrogens (tertiary/aromatic N) is 4. The van der Waals surface area contributed by atoms with Crippen molar-refractivity contribution < 1.29 is 4.79 Å². The van der Waals surface area contributed by atoms with Gasteiger partial charge in [0.15, 0.2) is 5.13 Å². The fourth-order valence-corrected chi connectivity index (χ4v) is 3.97. The molecule has 6 nitrogen and oxygen atoms in total. The first-order chi connectivity index (χ1) is 13.2. The van der Waals surface area contributed by atoms with Crippen molar-refractivity contribution in [2.75, 3.05) is 36.4 Å². The van der Waals surface area contributed by atoms with Gasteiger partial charge in [0, 0.05) is 37.8 Å². The third-order valence-electron chi connectivity index (χ3n) is 4.40. The second-order valence-electron chi connectivity index (χ2n) is 6.14. The van der Waals surface area contributed by atoms with Crippen molar-refractivity contribution in [3.05, 3.63) is 64.9 Å². The van der Waals surface area contributed by atoms with E-state index in [-0.39, 0.29) is 5.91 Å². The Morgan fingerprint density at radius 2 is 1.93 bits per heavy atom. The highest BCUT2D eigenvalue weighted by atomic mass is 35.5. The maximum absolute atomic E-state index is 12.8. The third kappa shape index (κ3) is 4.04. The Morgan fingerprint density at radius 1 is 1.11 bits per heavy atom. The minimum Gasteiger partial charge on any atom is -0.367 e. The van der Waals surface area contributed by atoms with Crippen molar-refractivity contribution in [1.29, 1.82) is 0 Å². The van der Waals surface area contributed by atoms with E-state index in [4.69, 9.17) is 11.6 Å². The minimum absolute atomic E-state index is 0.0377. The van der Waals surface area contributed by atoms with Gasteiger partial charge in [-0.15, -0.1) is 11.3 Å². The molecule has 1 aliphatic heterocycles. The lowest BCUT2D eigenvalue weighted by Gasteiger charge is -2.36. The molecule has 0 unspecified atom stereocenters. The highest BCUT2D eigenvalue weighted by molar-refractivity contribution is 7.14. The molecule has 1 saturated heterocycles. The third-order valence-corrected chi connectivity index (χ3v) is 5.47. The van der Waals surface area contributed by atoms with E-state index in [1.165, 1.54) is 11.3 Å². The van der Waals surface area contributed by atoms with Crippen LogP contribution in [0, 0.1) is 0 Å². The lowest BCUT2D eigenvalue weighted by Crippen LogP contribution is -2.49. The number of aromatic nitrogens is 2. The molecule has 0 atom stereocenters. The maximum atomic E-state index is 12.8. The number of nitrogens with one attached hydrogen (secondary N) is 1. The van der Waals surface area contributed by atoms with E-state index in [0.29, 0.717) is 23.9 Å². The Morgan fingerprint density at radius 3 is 2.67 bits per heavy atom. The molecule has 1 N–H and O–H groups in total. The monoisotopic (exact) mass is 399 g/mol. The number of rotatable bonds is 4. The number of thiazole rings is 1. The van der Waals surface area contributed by atoms with Crippen LogP contribution in [0.15, 0.2) is 54.2 Å². The van der Waals surface area contributed by atoms with Crippen molar-refractivity contribution >= 4 is 45.4 Å². The van der Waals surface area contributed by atoms with Crippen LogP contribution in [0.5, 0.6) is 0 Å². The van der Waals surface area contributed by atoms with Crippen LogP contribution in [-0.4, -0.2) is 47.0 Å². The number of para-hydroxylation sites is 1. The molecule has 1 amide bonds. The SMILES string of the molecule is O=C(c1csc(Nc2cccnc2)n1)N1CCN(c2ccccc2Cl)CC1. The van der Waals surface area contributed by atoms with Crippen LogP contribution in [0.4, 0.5) is 16.5 Å². The summed E-state index contributed by atoms with van der Waals surface area (Å²) in [4.78, 5) is 25.3. The molecule has 1 fully saturated rings. The topological polar surface area (TPSA) is 61.4 Å². The molecule has 0 radical (unpaired) electrons. The van der Waals surface area contributed by atoms with E-state index in [1.54, 1.807) is 17.8 Å². The van der Waals surface area contributed by atoms with Crippen LogP contribution in [0.2, 0.25) is 5.02 Å². The standard InChI is InChI=1S/C19H18ClN5OS/c20-15-5-1-2-6-17(15)24-8-10-25(11-9-24)18(26)16-13-27-19(23-16)22-14-4-3-7-21-12-14/h1-7,12-13H,8-11H2,(H,22,23). The van der Waals surface area contributed by atoms with E-state index >= 15 is 0 Å². The minimum atomic E-state index is -0.0377. The number of carbonyl (C=O) groups excluding carboxylic acids is 1. The molecule has 3 aromatic rings. The van der Waals surface area contributed by atoms with Crippen LogP contribution in [0.3, 0.4) is 0 Å². The fraction of sp³-hybridized carbons (Fsp3) is 0.211. The Hall–Kier alpha value is -2.64. The zero-order valence-corrected chi connectivity index (χ0v) is 16.1. The van der Waals surface area contributed by atoms with Gasteiger partial charge in [0.05, 0.1) is 22.6 Å². The van der Waals surface area contributed by atoms with Gasteiger partial charge in [-0.25, -0.2) is 4.98 Å². The highest BCUT2D eigenvalue weighted by Gasteiger charge is 2.24. The van der Waals surface area contributed by atoms with Gasteiger partial charge in [0.1, 0.15) is 5.69 Å². The first-order valence-corrected chi connectivity index (χ1v) is 9.88. The molecular formula is C19H18ClN5OS. The van der Waals surface area contributed by atoms with Crippen LogP contribution in [-0.2, 0) is 0 Å². The molecule has 1 aromatic carbocycles. The number of anilines is 3. The van der Waals surface area contributed by atoms with Gasteiger partial charge < -0.3 is 15.1 Å². The first-order valence-electron chi connectivity index (χ1n) is 8.62. The quantitative estimate of drug-likeness (QED) is 0.721. The van der Waals surface area contributed by atoms with Gasteiger partial charge in [-0.05, 0) is 24.3 Å². The van der Waals surface area contributed by atoms with Gasteiger partial charge in [0.25, 0.3) is 5.91 Å². The summed E-state index contributed by atoms with van der Waals surface area (Å²) in [6, 6.07) is 11.6. The molecule has 0 bridgehead atoms. The van der Waals surface area contributed by atoms with E-state index < -0.39 is 0 Å². The van der Waals surface area contributed by atoms with E-state index in [0.717, 1.165) is 29.5 Å². The van der Waals surface area contributed by atoms with Gasteiger partial charge in [-0.2, -0.15) is 0 Å². The van der Waals surface area contributed by atoms with E-state index in [2.05, 4.69) is 20.2 Å². The van der Waals surface area contributed by atoms with Crippen molar-refractivity contribution in [3.8, 4) is 0 Å². The van der Waals surface area contributed by atoms with Crippen LogP contribution in [0.1, 0.15) is 10.5 Å². The summed E-state index contributed by atoms with van der Waals surface area (Å²) in [7, 11) is 0. The summed E-state index contributed by atoms with van der Waals surface area (Å²) in [5.74, 6) is -0.0377. The normalized spacial score (nSPS) is 14.3. The Kier molecular flexibility index (Phi) is 5.22. The molecule has 3 heterocycles. The zero-order chi connectivity index (χ0) is 18.6. The average Bonchev–Trinajstić information content (AvgIpc) is 3.17. The second-order valence-corrected chi connectivity index (χ2v) is 7.40. The van der Waals surface area contributed by atoms with E-state index in [9.17, 15) is 4.79 Å². The number of carbonyl (C=O) groups is 1. The van der Waals surface area contributed by atoms with Crippen molar-refractivity contribution in [3.63, 3.8) is 0 Å². The lowest BCUT2D eigenvalue weighted by molar-refractivity contribution is 0.0742. The van der Waals surface area contributed by atoms with Gasteiger partial charge in [0.2, 0.25) is 0 Å².